The quantitative estimate of drug-likeness (QED) is 0.359. The van der Waals surface area contributed by atoms with Gasteiger partial charge in [0, 0.05) is 24.4 Å². The van der Waals surface area contributed by atoms with Gasteiger partial charge in [0.1, 0.15) is 6.04 Å². The third-order valence-electron chi connectivity index (χ3n) is 7.85. The van der Waals surface area contributed by atoms with Crippen molar-refractivity contribution >= 4 is 17.6 Å². The van der Waals surface area contributed by atoms with E-state index in [1.165, 1.54) is 0 Å². The Morgan fingerprint density at radius 2 is 1.33 bits per heavy atom. The average molecular weight is 523 g/mol. The maximum atomic E-state index is 14.4. The second-order valence-corrected chi connectivity index (χ2v) is 12.2. The molecule has 3 aromatic carbocycles. The minimum Gasteiger partial charge on any atom is -0.354 e. The molecule has 1 heterocycles. The lowest BCUT2D eigenvalue weighted by molar-refractivity contribution is -0.142. The molecule has 1 aliphatic carbocycles. The first-order chi connectivity index (χ1) is 18.7. The Bertz CT molecular complexity index is 1300. The fourth-order valence-corrected chi connectivity index (χ4v) is 5.91. The van der Waals surface area contributed by atoms with Crippen molar-refractivity contribution in [3.8, 4) is 0 Å². The van der Waals surface area contributed by atoms with Crippen molar-refractivity contribution in [1.82, 2.24) is 10.2 Å². The van der Waals surface area contributed by atoms with Gasteiger partial charge >= 0.3 is 0 Å². The van der Waals surface area contributed by atoms with Gasteiger partial charge in [0.2, 0.25) is 11.8 Å². The van der Waals surface area contributed by atoms with E-state index in [0.29, 0.717) is 18.0 Å². The lowest BCUT2D eigenvalue weighted by Gasteiger charge is -2.33. The third kappa shape index (κ3) is 5.98. The zero-order valence-electron chi connectivity index (χ0n) is 23.0. The zero-order chi connectivity index (χ0) is 27.6. The molecule has 5 rings (SSSR count). The summed E-state index contributed by atoms with van der Waals surface area (Å²) < 4.78 is 0. The van der Waals surface area contributed by atoms with E-state index in [0.717, 1.165) is 24.0 Å². The van der Waals surface area contributed by atoms with Gasteiger partial charge < -0.3 is 10.2 Å². The first-order valence-electron chi connectivity index (χ1n) is 14.0. The van der Waals surface area contributed by atoms with Gasteiger partial charge in [0.25, 0.3) is 0 Å². The number of nitrogens with one attached hydrogen (secondary N) is 1. The predicted molar refractivity (Wildman–Crippen MR) is 153 cm³/mol. The summed E-state index contributed by atoms with van der Waals surface area (Å²) in [5, 5.41) is 3.16. The third-order valence-corrected chi connectivity index (χ3v) is 7.85. The van der Waals surface area contributed by atoms with E-state index in [-0.39, 0.29) is 29.4 Å². The first kappa shape index (κ1) is 26.9. The number of carbonyl (C=O) groups excluding carboxylic acids is 3. The molecule has 0 radical (unpaired) electrons. The highest BCUT2D eigenvalue weighted by Gasteiger charge is 2.57. The van der Waals surface area contributed by atoms with Gasteiger partial charge in [-0.05, 0) is 35.3 Å². The zero-order valence-corrected chi connectivity index (χ0v) is 23.0. The van der Waals surface area contributed by atoms with Crippen LogP contribution in [0.1, 0.15) is 73.5 Å². The Balaban J connectivity index is 1.70. The molecule has 1 saturated heterocycles. The smallest absolute Gasteiger partial charge is 0.243 e. The molecule has 202 valence electrons. The van der Waals surface area contributed by atoms with Crippen LogP contribution in [0.15, 0.2) is 91.0 Å². The van der Waals surface area contributed by atoms with Gasteiger partial charge in [0.15, 0.2) is 5.78 Å². The van der Waals surface area contributed by atoms with Gasteiger partial charge in [0.05, 0.1) is 12.0 Å². The van der Waals surface area contributed by atoms with Crippen LogP contribution in [0.2, 0.25) is 0 Å². The summed E-state index contributed by atoms with van der Waals surface area (Å²) in [6, 6.07) is 27.4. The summed E-state index contributed by atoms with van der Waals surface area (Å²) in [5.41, 5.74) is 2.07. The molecule has 1 saturated carbocycles. The average Bonchev–Trinajstić information content (AvgIpc) is 3.70. The molecule has 4 atom stereocenters. The fourth-order valence-electron chi connectivity index (χ4n) is 5.91. The maximum absolute atomic E-state index is 14.4. The van der Waals surface area contributed by atoms with Crippen LogP contribution in [0.4, 0.5) is 0 Å². The van der Waals surface area contributed by atoms with Crippen molar-refractivity contribution < 1.29 is 14.4 Å². The second-order valence-electron chi connectivity index (χ2n) is 12.2. The van der Waals surface area contributed by atoms with E-state index in [1.807, 2.05) is 112 Å². The number of ketones is 1. The van der Waals surface area contributed by atoms with Crippen molar-refractivity contribution in [2.45, 2.75) is 58.0 Å². The standard InChI is InChI=1S/C34H38N2O3/c1-34(2,3)21-27(37)36-30(25-15-9-5-10-16-25)29(32(38)26-17-11-6-12-18-26)28(24-13-7-4-8-14-24)31(36)33(39)35-22-23-19-20-23/h4-18,23,28-31H,19-22H2,1-3H3,(H,35,39). The van der Waals surface area contributed by atoms with Crippen LogP contribution < -0.4 is 5.32 Å². The van der Waals surface area contributed by atoms with E-state index >= 15 is 0 Å². The minimum absolute atomic E-state index is 0.0515. The fraction of sp³-hybridized carbons (Fsp3) is 0.382. The van der Waals surface area contributed by atoms with Crippen molar-refractivity contribution in [2.75, 3.05) is 6.54 Å². The van der Waals surface area contributed by atoms with Crippen LogP contribution in [0.3, 0.4) is 0 Å². The normalized spacial score (nSPS) is 22.9. The summed E-state index contributed by atoms with van der Waals surface area (Å²) in [4.78, 5) is 44.5. The number of nitrogens with zero attached hydrogens (tertiary/aromatic N) is 1. The molecule has 0 spiro atoms. The van der Waals surface area contributed by atoms with E-state index in [2.05, 4.69) is 5.32 Å². The molecule has 0 bridgehead atoms. The van der Waals surface area contributed by atoms with Crippen LogP contribution in [0.5, 0.6) is 0 Å². The van der Waals surface area contributed by atoms with Crippen LogP contribution >= 0.6 is 0 Å². The molecular formula is C34H38N2O3. The van der Waals surface area contributed by atoms with Gasteiger partial charge in [-0.2, -0.15) is 0 Å². The van der Waals surface area contributed by atoms with Crippen molar-refractivity contribution in [3.63, 3.8) is 0 Å². The van der Waals surface area contributed by atoms with Crippen LogP contribution in [-0.4, -0.2) is 35.1 Å². The predicted octanol–water partition coefficient (Wildman–Crippen LogP) is 6.18. The largest absolute Gasteiger partial charge is 0.354 e. The molecule has 2 aliphatic rings. The number of amides is 2. The van der Waals surface area contributed by atoms with E-state index in [4.69, 9.17) is 0 Å². The molecule has 3 aromatic rings. The van der Waals surface area contributed by atoms with E-state index < -0.39 is 23.9 Å². The highest BCUT2D eigenvalue weighted by atomic mass is 16.2. The van der Waals surface area contributed by atoms with Crippen molar-refractivity contribution in [2.24, 2.45) is 17.3 Å². The molecule has 0 aromatic heterocycles. The second kappa shape index (κ2) is 11.2. The summed E-state index contributed by atoms with van der Waals surface area (Å²) in [6.07, 6.45) is 2.50. The molecule has 39 heavy (non-hydrogen) atoms. The van der Waals surface area contributed by atoms with Gasteiger partial charge in [-0.15, -0.1) is 0 Å². The monoisotopic (exact) mass is 522 g/mol. The van der Waals surface area contributed by atoms with Gasteiger partial charge in [-0.3, -0.25) is 14.4 Å². The van der Waals surface area contributed by atoms with Gasteiger partial charge in [-0.1, -0.05) is 112 Å². The number of hydrogen-bond donors (Lipinski definition) is 1. The summed E-state index contributed by atoms with van der Waals surface area (Å²) >= 11 is 0. The Kier molecular flexibility index (Phi) is 7.69. The Hall–Kier alpha value is -3.73. The lowest BCUT2D eigenvalue weighted by atomic mass is 9.76. The van der Waals surface area contributed by atoms with Crippen LogP contribution in [0, 0.1) is 17.3 Å². The summed E-state index contributed by atoms with van der Waals surface area (Å²) in [7, 11) is 0. The molecule has 5 nitrogen and oxygen atoms in total. The highest BCUT2D eigenvalue weighted by molar-refractivity contribution is 6.02. The van der Waals surface area contributed by atoms with Gasteiger partial charge in [-0.25, -0.2) is 0 Å². The Morgan fingerprint density at radius 3 is 1.87 bits per heavy atom. The first-order valence-corrected chi connectivity index (χ1v) is 14.0. The number of likely N-dealkylation sites (tertiary alicyclic amines) is 1. The lowest BCUT2D eigenvalue weighted by Crippen LogP contribution is -2.49. The molecule has 1 aliphatic heterocycles. The van der Waals surface area contributed by atoms with Crippen LogP contribution in [-0.2, 0) is 9.59 Å². The molecular weight excluding hydrogens is 484 g/mol. The van der Waals surface area contributed by atoms with E-state index in [9.17, 15) is 14.4 Å². The number of benzene rings is 3. The van der Waals surface area contributed by atoms with Crippen molar-refractivity contribution in [1.29, 1.82) is 0 Å². The Morgan fingerprint density at radius 1 is 0.795 bits per heavy atom. The van der Waals surface area contributed by atoms with E-state index in [1.54, 1.807) is 4.90 Å². The molecule has 2 amide bonds. The number of hydrogen-bond acceptors (Lipinski definition) is 3. The van der Waals surface area contributed by atoms with Crippen LogP contribution in [0.25, 0.3) is 0 Å². The summed E-state index contributed by atoms with van der Waals surface area (Å²) in [6.45, 7) is 6.69. The maximum Gasteiger partial charge on any atom is 0.243 e. The number of carbonyl (C=O) groups is 3. The molecule has 1 N–H and O–H groups in total. The summed E-state index contributed by atoms with van der Waals surface area (Å²) in [5.74, 6) is -0.958. The molecule has 4 unspecified atom stereocenters. The minimum atomic E-state index is -0.802. The molecule has 2 fully saturated rings. The Labute approximate surface area is 231 Å². The van der Waals surface area contributed by atoms with Crippen molar-refractivity contribution in [3.05, 3.63) is 108 Å². The topological polar surface area (TPSA) is 66.5 Å². The highest BCUT2D eigenvalue weighted by Crippen LogP contribution is 2.52. The number of rotatable bonds is 8. The molecule has 5 heteroatoms. The number of Topliss-reactive ketones (excluding diaryl/α,β-unsaturated/α-hetero) is 1. The SMILES string of the molecule is CC(C)(C)CC(=O)N1C(C(=O)NCC2CC2)C(c2ccccc2)C(C(=O)c2ccccc2)C1c1ccccc1.